The van der Waals surface area contributed by atoms with Crippen molar-refractivity contribution in [2.45, 2.75) is 37.9 Å². The molecule has 2 aliphatic heterocycles. The van der Waals surface area contributed by atoms with Gasteiger partial charge in [-0.15, -0.1) is 0 Å². The Bertz CT molecular complexity index is 872. The van der Waals surface area contributed by atoms with Gasteiger partial charge in [0.2, 0.25) is 0 Å². The van der Waals surface area contributed by atoms with E-state index < -0.39 is 29.2 Å². The maximum Gasteiger partial charge on any atom is 0.434 e. The Kier molecular flexibility index (Phi) is 5.33. The molecule has 5 nitrogen and oxygen atoms in total. The van der Waals surface area contributed by atoms with Crippen molar-refractivity contribution in [2.75, 3.05) is 26.2 Å². The van der Waals surface area contributed by atoms with Crippen LogP contribution in [0.25, 0.3) is 5.69 Å². The predicted molar refractivity (Wildman–Crippen MR) is 98.3 cm³/mol. The summed E-state index contributed by atoms with van der Waals surface area (Å²) in [6, 6.07) is 4.45. The van der Waals surface area contributed by atoms with Crippen molar-refractivity contribution in [2.24, 2.45) is 0 Å². The third-order valence-corrected chi connectivity index (χ3v) is 5.64. The van der Waals surface area contributed by atoms with Crippen LogP contribution < -0.4 is 0 Å². The molecule has 2 fully saturated rings. The molecule has 0 N–H and O–H groups in total. The molecule has 1 atom stereocenters. The van der Waals surface area contributed by atoms with E-state index in [9.17, 15) is 22.4 Å². The molecule has 4 rings (SSSR count). The van der Waals surface area contributed by atoms with E-state index in [-0.39, 0.29) is 11.7 Å². The maximum atomic E-state index is 13.9. The van der Waals surface area contributed by atoms with Gasteiger partial charge < -0.3 is 9.80 Å². The van der Waals surface area contributed by atoms with E-state index >= 15 is 0 Å². The lowest BCUT2D eigenvalue weighted by Crippen LogP contribution is -2.43. The number of benzene rings is 1. The van der Waals surface area contributed by atoms with Crippen LogP contribution >= 0.6 is 0 Å². The lowest BCUT2D eigenvalue weighted by atomic mass is 10.1. The molecular weight excluding hydrogens is 388 g/mol. The van der Waals surface area contributed by atoms with E-state index in [2.05, 4.69) is 10.00 Å². The van der Waals surface area contributed by atoms with Crippen molar-refractivity contribution in [1.82, 2.24) is 19.6 Å². The third kappa shape index (κ3) is 4.01. The molecule has 1 aromatic heterocycles. The summed E-state index contributed by atoms with van der Waals surface area (Å²) in [5, 5.41) is 3.82. The molecule has 0 bridgehead atoms. The van der Waals surface area contributed by atoms with Gasteiger partial charge in [0.1, 0.15) is 5.82 Å². The number of halogens is 4. The van der Waals surface area contributed by atoms with Crippen LogP contribution in [-0.2, 0) is 6.18 Å². The molecule has 3 heterocycles. The van der Waals surface area contributed by atoms with Crippen molar-refractivity contribution in [1.29, 1.82) is 0 Å². The molecule has 0 aliphatic carbocycles. The van der Waals surface area contributed by atoms with Crippen LogP contribution in [0.3, 0.4) is 0 Å². The predicted octanol–water partition coefficient (Wildman–Crippen LogP) is 3.73. The van der Waals surface area contributed by atoms with Gasteiger partial charge in [0.25, 0.3) is 5.91 Å². The molecule has 1 aromatic carbocycles. The summed E-state index contributed by atoms with van der Waals surface area (Å²) < 4.78 is 55.4. The van der Waals surface area contributed by atoms with E-state index in [1.165, 1.54) is 12.1 Å². The second kappa shape index (κ2) is 7.78. The van der Waals surface area contributed by atoms with Gasteiger partial charge >= 0.3 is 6.18 Å². The largest absolute Gasteiger partial charge is 0.434 e. The summed E-state index contributed by atoms with van der Waals surface area (Å²) in [7, 11) is 0. The fourth-order valence-electron chi connectivity index (χ4n) is 4.27. The minimum absolute atomic E-state index is 0.0489. The van der Waals surface area contributed by atoms with Crippen LogP contribution in [0.1, 0.15) is 41.7 Å². The van der Waals surface area contributed by atoms with Crippen LogP contribution in [0.4, 0.5) is 17.6 Å². The number of carbonyl (C=O) groups is 1. The highest BCUT2D eigenvalue weighted by molar-refractivity contribution is 5.96. The van der Waals surface area contributed by atoms with Gasteiger partial charge in [0.15, 0.2) is 5.69 Å². The van der Waals surface area contributed by atoms with Gasteiger partial charge in [-0.05, 0) is 63.0 Å². The van der Waals surface area contributed by atoms with Gasteiger partial charge in [0.05, 0.1) is 17.4 Å². The summed E-state index contributed by atoms with van der Waals surface area (Å²) >= 11 is 0. The third-order valence-electron chi connectivity index (χ3n) is 5.64. The number of hydrogen-bond donors (Lipinski definition) is 0. The average molecular weight is 410 g/mol. The molecule has 0 saturated carbocycles. The zero-order valence-electron chi connectivity index (χ0n) is 15.8. The fraction of sp³-hybridized carbons (Fsp3) is 0.500. The molecule has 2 aliphatic rings. The first-order valence-electron chi connectivity index (χ1n) is 9.79. The van der Waals surface area contributed by atoms with Crippen LogP contribution in [0.5, 0.6) is 0 Å². The first-order chi connectivity index (χ1) is 13.8. The molecule has 2 saturated heterocycles. The zero-order valence-corrected chi connectivity index (χ0v) is 15.8. The Hall–Kier alpha value is -2.42. The molecule has 0 radical (unpaired) electrons. The van der Waals surface area contributed by atoms with Crippen LogP contribution in [0, 0.1) is 5.82 Å². The number of amides is 1. The highest BCUT2D eigenvalue weighted by Gasteiger charge is 2.43. The Morgan fingerprint density at radius 2 is 1.76 bits per heavy atom. The van der Waals surface area contributed by atoms with Crippen molar-refractivity contribution < 1.29 is 22.4 Å². The Morgan fingerprint density at radius 3 is 2.41 bits per heavy atom. The van der Waals surface area contributed by atoms with Gasteiger partial charge in [-0.2, -0.15) is 18.3 Å². The molecule has 29 heavy (non-hydrogen) atoms. The summed E-state index contributed by atoms with van der Waals surface area (Å²) in [5.41, 5.74) is -1.54. The quantitative estimate of drug-likeness (QED) is 0.722. The van der Waals surface area contributed by atoms with Crippen LogP contribution in [-0.4, -0.2) is 57.7 Å². The van der Waals surface area contributed by atoms with Crippen LogP contribution in [0.2, 0.25) is 0 Å². The van der Waals surface area contributed by atoms with Gasteiger partial charge in [-0.3, -0.25) is 4.79 Å². The second-order valence-corrected chi connectivity index (χ2v) is 7.60. The van der Waals surface area contributed by atoms with Crippen molar-refractivity contribution in [3.05, 3.63) is 47.5 Å². The number of rotatable bonds is 4. The van der Waals surface area contributed by atoms with E-state index in [0.717, 1.165) is 57.1 Å². The fourth-order valence-corrected chi connectivity index (χ4v) is 4.27. The van der Waals surface area contributed by atoms with Crippen molar-refractivity contribution in [3.8, 4) is 5.69 Å². The summed E-state index contributed by atoms with van der Waals surface area (Å²) in [6.45, 7) is 3.07. The minimum atomic E-state index is -4.78. The number of alkyl halides is 3. The smallest absolute Gasteiger partial charge is 0.334 e. The first kappa shape index (κ1) is 19.9. The van der Waals surface area contributed by atoms with E-state index in [0.29, 0.717) is 17.8 Å². The Balaban J connectivity index is 1.65. The second-order valence-electron chi connectivity index (χ2n) is 7.60. The van der Waals surface area contributed by atoms with Crippen molar-refractivity contribution >= 4 is 5.91 Å². The maximum absolute atomic E-state index is 13.9. The molecule has 0 spiro atoms. The number of nitrogens with zero attached hydrogens (tertiary/aromatic N) is 4. The molecule has 156 valence electrons. The zero-order chi connectivity index (χ0) is 20.6. The number of hydrogen-bond acceptors (Lipinski definition) is 3. The average Bonchev–Trinajstić information content (AvgIpc) is 3.42. The van der Waals surface area contributed by atoms with Crippen molar-refractivity contribution in [3.63, 3.8) is 0 Å². The molecule has 1 unspecified atom stereocenters. The highest BCUT2D eigenvalue weighted by Crippen LogP contribution is 2.35. The number of carbonyl (C=O) groups excluding carboxylic acids is 1. The molecule has 2 aromatic rings. The van der Waals surface area contributed by atoms with Gasteiger partial charge in [-0.1, -0.05) is 0 Å². The normalized spacial score (nSPS) is 20.6. The lowest BCUT2D eigenvalue weighted by molar-refractivity contribution is -0.143. The van der Waals surface area contributed by atoms with Crippen LogP contribution in [0.15, 0.2) is 30.5 Å². The van der Waals surface area contributed by atoms with Gasteiger partial charge in [-0.25, -0.2) is 9.07 Å². The molecule has 9 heteroatoms. The highest BCUT2D eigenvalue weighted by atomic mass is 19.4. The van der Waals surface area contributed by atoms with Gasteiger partial charge in [0, 0.05) is 19.1 Å². The summed E-state index contributed by atoms with van der Waals surface area (Å²) in [6.07, 6.45) is -0.0140. The first-order valence-corrected chi connectivity index (χ1v) is 9.79. The van der Waals surface area contributed by atoms with E-state index in [1.54, 1.807) is 4.90 Å². The number of likely N-dealkylation sites (tertiary alicyclic amines) is 2. The monoisotopic (exact) mass is 410 g/mol. The standard InChI is InChI=1S/C20H22F4N4O/c21-14-5-7-15(8-6-14)28-18(20(22,23)24)17(12-25-28)19(29)27-11-3-4-16(27)13-26-9-1-2-10-26/h5-8,12,16H,1-4,9-11,13H2. The molecule has 1 amide bonds. The lowest BCUT2D eigenvalue weighted by Gasteiger charge is -2.28. The Morgan fingerprint density at radius 1 is 1.07 bits per heavy atom. The van der Waals surface area contributed by atoms with E-state index in [4.69, 9.17) is 0 Å². The SMILES string of the molecule is O=C(c1cnn(-c2ccc(F)cc2)c1C(F)(F)F)N1CCCC1CN1CCCC1. The summed E-state index contributed by atoms with van der Waals surface area (Å²) in [5.74, 6) is -1.21. The molecular formula is C20H22F4N4O. The summed E-state index contributed by atoms with van der Waals surface area (Å²) in [4.78, 5) is 16.9. The minimum Gasteiger partial charge on any atom is -0.334 e. The Labute approximate surface area is 165 Å². The van der Waals surface area contributed by atoms with E-state index in [1.807, 2.05) is 0 Å². The number of aromatic nitrogens is 2. The topological polar surface area (TPSA) is 41.4 Å².